The maximum Gasteiger partial charge on any atom is 0.344 e. The van der Waals surface area contributed by atoms with E-state index in [0.29, 0.717) is 26.5 Å². The average Bonchev–Trinajstić information content (AvgIpc) is 3.47. The van der Waals surface area contributed by atoms with Crippen LogP contribution >= 0.6 is 23.1 Å². The molecule has 2 N–H and O–H groups in total. The summed E-state index contributed by atoms with van der Waals surface area (Å²) in [5.74, 6) is -1.17. The number of urea groups is 1. The van der Waals surface area contributed by atoms with Gasteiger partial charge in [0.2, 0.25) is 16.9 Å². The summed E-state index contributed by atoms with van der Waals surface area (Å²) in [5, 5.41) is 12.0. The normalized spacial score (nSPS) is 20.2. The number of rotatable bonds is 8. The zero-order valence-electron chi connectivity index (χ0n) is 17.5. The summed E-state index contributed by atoms with van der Waals surface area (Å²) in [4.78, 5) is 51.5. The number of hydrazine groups is 1. The van der Waals surface area contributed by atoms with Crippen LogP contribution in [-0.2, 0) is 19.9 Å². The lowest BCUT2D eigenvalue weighted by atomic mass is 9.92. The highest BCUT2D eigenvalue weighted by molar-refractivity contribution is 8.01. The predicted molar refractivity (Wildman–Crippen MR) is 119 cm³/mol. The van der Waals surface area contributed by atoms with E-state index < -0.39 is 23.4 Å². The molecule has 32 heavy (non-hydrogen) atoms. The molecule has 0 bridgehead atoms. The topological polar surface area (TPSA) is 125 Å². The molecule has 2 heterocycles. The van der Waals surface area contributed by atoms with Crippen molar-refractivity contribution in [1.82, 2.24) is 25.9 Å². The zero-order valence-corrected chi connectivity index (χ0v) is 19.2. The lowest BCUT2D eigenvalue weighted by molar-refractivity contribution is -0.138. The minimum Gasteiger partial charge on any atom is -0.318 e. The number of carbonyl (C=O) groups is 4. The molecule has 2 fully saturated rings. The number of aromatic nitrogens is 2. The van der Waals surface area contributed by atoms with Gasteiger partial charge in [0.25, 0.3) is 5.91 Å². The highest BCUT2D eigenvalue weighted by Gasteiger charge is 2.50. The largest absolute Gasteiger partial charge is 0.344 e. The van der Waals surface area contributed by atoms with Crippen LogP contribution < -0.4 is 15.6 Å². The highest BCUT2D eigenvalue weighted by Crippen LogP contribution is 2.36. The van der Waals surface area contributed by atoms with Gasteiger partial charge in [0.05, 0.1) is 5.75 Å². The Labute approximate surface area is 192 Å². The van der Waals surface area contributed by atoms with Crippen LogP contribution in [0.2, 0.25) is 0 Å². The van der Waals surface area contributed by atoms with Gasteiger partial charge in [0.1, 0.15) is 5.54 Å². The van der Waals surface area contributed by atoms with Crippen molar-refractivity contribution in [2.75, 3.05) is 10.7 Å². The van der Waals surface area contributed by atoms with Crippen LogP contribution in [0.15, 0.2) is 34.7 Å². The highest BCUT2D eigenvalue weighted by atomic mass is 32.2. The molecule has 1 atom stereocenters. The summed E-state index contributed by atoms with van der Waals surface area (Å²) in [6, 6.07) is 8.30. The minimum atomic E-state index is -1.26. The molecule has 10 nitrogen and oxygen atoms in total. The van der Waals surface area contributed by atoms with Gasteiger partial charge in [0.15, 0.2) is 4.34 Å². The van der Waals surface area contributed by atoms with Crippen molar-refractivity contribution in [3.05, 3.63) is 35.9 Å². The monoisotopic (exact) mass is 474 g/mol. The first kappa shape index (κ1) is 22.2. The van der Waals surface area contributed by atoms with Crippen LogP contribution in [0.5, 0.6) is 0 Å². The Morgan fingerprint density at radius 3 is 2.66 bits per heavy atom. The number of amides is 5. The van der Waals surface area contributed by atoms with Gasteiger partial charge in [-0.05, 0) is 25.3 Å². The third kappa shape index (κ3) is 4.32. The van der Waals surface area contributed by atoms with Crippen LogP contribution in [-0.4, -0.2) is 50.8 Å². The van der Waals surface area contributed by atoms with E-state index in [9.17, 15) is 19.2 Å². The third-order valence-corrected chi connectivity index (χ3v) is 7.25. The van der Waals surface area contributed by atoms with Gasteiger partial charge in [-0.15, -0.1) is 10.2 Å². The smallest absolute Gasteiger partial charge is 0.318 e. The summed E-state index contributed by atoms with van der Waals surface area (Å²) >= 11 is 2.37. The van der Waals surface area contributed by atoms with Gasteiger partial charge in [-0.1, -0.05) is 60.4 Å². The van der Waals surface area contributed by atoms with E-state index in [1.54, 1.807) is 43.0 Å². The Hall–Kier alpha value is -2.99. The lowest BCUT2D eigenvalue weighted by Gasteiger charge is -2.22. The molecule has 168 valence electrons. The molecule has 12 heteroatoms. The first-order valence-electron chi connectivity index (χ1n) is 10.1. The molecule has 5 amide bonds. The molecule has 1 aliphatic heterocycles. The number of benzene rings is 1. The molecule has 1 aromatic carbocycles. The molecule has 0 radical (unpaired) electrons. The van der Waals surface area contributed by atoms with E-state index in [2.05, 4.69) is 20.9 Å². The van der Waals surface area contributed by atoms with Gasteiger partial charge in [0, 0.05) is 12.5 Å². The fraction of sp³-hybridized carbons (Fsp3) is 0.400. The molecule has 2 aromatic rings. The molecule has 4 rings (SSSR count). The number of hydrogen-bond acceptors (Lipinski definition) is 8. The Kier molecular flexibility index (Phi) is 6.15. The van der Waals surface area contributed by atoms with Crippen molar-refractivity contribution < 1.29 is 19.2 Å². The van der Waals surface area contributed by atoms with Crippen molar-refractivity contribution in [3.8, 4) is 0 Å². The molecule has 1 aliphatic carbocycles. The molecule has 1 saturated heterocycles. The average molecular weight is 475 g/mol. The molecule has 0 unspecified atom stereocenters. The third-order valence-electron chi connectivity index (χ3n) is 5.19. The quantitative estimate of drug-likeness (QED) is 0.341. The number of nitrogens with zero attached hydrogens (tertiary/aromatic N) is 4. The molecule has 1 aromatic heterocycles. The van der Waals surface area contributed by atoms with E-state index in [4.69, 9.17) is 0 Å². The Morgan fingerprint density at radius 2 is 2.00 bits per heavy atom. The van der Waals surface area contributed by atoms with E-state index in [-0.39, 0.29) is 17.7 Å². The zero-order chi connectivity index (χ0) is 22.9. The summed E-state index contributed by atoms with van der Waals surface area (Å²) < 4.78 is 0.524. The molecule has 0 spiro atoms. The minimum absolute atomic E-state index is 0.00188. The molecule has 2 aliphatic rings. The number of nitrogens with one attached hydrogen (secondary N) is 2. The van der Waals surface area contributed by atoms with Crippen molar-refractivity contribution in [3.63, 3.8) is 0 Å². The van der Waals surface area contributed by atoms with Gasteiger partial charge in [-0.25, -0.2) is 4.79 Å². The summed E-state index contributed by atoms with van der Waals surface area (Å²) in [6.45, 7) is 3.40. The first-order chi connectivity index (χ1) is 15.3. The van der Waals surface area contributed by atoms with Crippen LogP contribution in [0, 0.1) is 0 Å². The second-order valence-corrected chi connectivity index (χ2v) is 9.76. The van der Waals surface area contributed by atoms with Gasteiger partial charge in [-0.2, -0.15) is 5.01 Å². The van der Waals surface area contributed by atoms with Gasteiger partial charge in [-0.3, -0.25) is 24.7 Å². The van der Waals surface area contributed by atoms with Crippen molar-refractivity contribution in [1.29, 1.82) is 0 Å². The fourth-order valence-electron chi connectivity index (χ4n) is 3.32. The number of anilines is 1. The maximum absolute atomic E-state index is 12.9. The van der Waals surface area contributed by atoms with E-state index in [0.717, 1.165) is 24.6 Å². The number of imide groups is 1. The van der Waals surface area contributed by atoms with Crippen LogP contribution in [0.25, 0.3) is 0 Å². The summed E-state index contributed by atoms with van der Waals surface area (Å²) in [5.41, 5.74) is 1.72. The Balaban J connectivity index is 1.36. The van der Waals surface area contributed by atoms with Crippen molar-refractivity contribution >= 4 is 52.0 Å². The number of carbonyl (C=O) groups excluding carboxylic acids is 4. The standard InChI is InChI=1S/C20H22N6O4S2/c1-3-15(28)25(13-9-10-13)18-22-23-19(32-18)31-11-14(27)24-26-16(29)20(2,21-17(26)30)12-7-5-4-6-8-12/h4-8,13H,3,9-11H2,1-2H3,(H,21,30)(H,24,27)/t20-/m1/s1. The van der Waals surface area contributed by atoms with Gasteiger partial charge < -0.3 is 5.32 Å². The Bertz CT molecular complexity index is 1060. The summed E-state index contributed by atoms with van der Waals surface area (Å²) in [6.07, 6.45) is 2.28. The molecular weight excluding hydrogens is 452 g/mol. The second kappa shape index (κ2) is 8.87. The van der Waals surface area contributed by atoms with E-state index >= 15 is 0 Å². The van der Waals surface area contributed by atoms with E-state index in [1.165, 1.54) is 11.3 Å². The molecular formula is C20H22N6O4S2. The van der Waals surface area contributed by atoms with Gasteiger partial charge >= 0.3 is 6.03 Å². The summed E-state index contributed by atoms with van der Waals surface area (Å²) in [7, 11) is 0. The lowest BCUT2D eigenvalue weighted by Crippen LogP contribution is -2.48. The van der Waals surface area contributed by atoms with Crippen molar-refractivity contribution in [2.45, 2.75) is 49.0 Å². The maximum atomic E-state index is 12.9. The van der Waals surface area contributed by atoms with Crippen LogP contribution in [0.1, 0.15) is 38.7 Å². The Morgan fingerprint density at radius 1 is 1.28 bits per heavy atom. The predicted octanol–water partition coefficient (Wildman–Crippen LogP) is 2.03. The fourth-order valence-corrected chi connectivity index (χ4v) is 5.04. The van der Waals surface area contributed by atoms with Crippen LogP contribution in [0.4, 0.5) is 9.93 Å². The SMILES string of the molecule is CCC(=O)N(c1nnc(SCC(=O)NN2C(=O)N[C@](C)(c3ccccc3)C2=O)s1)C1CC1. The van der Waals surface area contributed by atoms with Crippen LogP contribution in [0.3, 0.4) is 0 Å². The van der Waals surface area contributed by atoms with E-state index in [1.807, 2.05) is 6.07 Å². The first-order valence-corrected chi connectivity index (χ1v) is 11.9. The molecule has 1 saturated carbocycles. The van der Waals surface area contributed by atoms with Crippen molar-refractivity contribution in [2.24, 2.45) is 0 Å². The number of thioether (sulfide) groups is 1. The number of hydrogen-bond donors (Lipinski definition) is 2. The second-order valence-electron chi connectivity index (χ2n) is 7.58.